The summed E-state index contributed by atoms with van der Waals surface area (Å²) in [6.07, 6.45) is 0. The van der Waals surface area contributed by atoms with Gasteiger partial charge in [0.25, 0.3) is 5.91 Å². The molecule has 2 rings (SSSR count). The van der Waals surface area contributed by atoms with Crippen LogP contribution in [0.15, 0.2) is 56.5 Å². The molecule has 0 saturated carbocycles. The Bertz CT molecular complexity index is 697. The Labute approximate surface area is 139 Å². The summed E-state index contributed by atoms with van der Waals surface area (Å²) in [5, 5.41) is 13.7. The molecule has 2 aromatic rings. The van der Waals surface area contributed by atoms with Gasteiger partial charge in [0.2, 0.25) is 0 Å². The highest BCUT2D eigenvalue weighted by atomic mass is 79.9. The van der Waals surface area contributed by atoms with Crippen LogP contribution in [0.4, 0.5) is 0 Å². The molecule has 0 atom stereocenters. The third-order valence-electron chi connectivity index (χ3n) is 2.79. The highest BCUT2D eigenvalue weighted by molar-refractivity contribution is 9.10. The highest BCUT2D eigenvalue weighted by Crippen LogP contribution is 2.21. The SMILES string of the molecule is C/C(=N/NC(=O)c1cc(Br)ccc1O)c1ccc(Br)cc1. The first kappa shape index (κ1) is 15.7. The first-order valence-electron chi connectivity index (χ1n) is 6.06. The second kappa shape index (κ2) is 6.87. The number of halogens is 2. The van der Waals surface area contributed by atoms with E-state index in [2.05, 4.69) is 42.4 Å². The number of hydrogen-bond acceptors (Lipinski definition) is 3. The van der Waals surface area contributed by atoms with E-state index >= 15 is 0 Å². The predicted octanol–water partition coefficient (Wildman–Crippen LogP) is 4.07. The lowest BCUT2D eigenvalue weighted by atomic mass is 10.1. The van der Waals surface area contributed by atoms with E-state index in [9.17, 15) is 9.90 Å². The summed E-state index contributed by atoms with van der Waals surface area (Å²) >= 11 is 6.62. The van der Waals surface area contributed by atoms with E-state index in [1.165, 1.54) is 12.1 Å². The number of benzene rings is 2. The molecular weight excluding hydrogens is 400 g/mol. The van der Waals surface area contributed by atoms with Crippen molar-refractivity contribution in [3.63, 3.8) is 0 Å². The van der Waals surface area contributed by atoms with Crippen LogP contribution in [0.25, 0.3) is 0 Å². The smallest absolute Gasteiger partial charge is 0.275 e. The number of hydrogen-bond donors (Lipinski definition) is 2. The maximum Gasteiger partial charge on any atom is 0.275 e. The quantitative estimate of drug-likeness (QED) is 0.590. The van der Waals surface area contributed by atoms with Crippen LogP contribution in [0.2, 0.25) is 0 Å². The number of hydrazone groups is 1. The van der Waals surface area contributed by atoms with Gasteiger partial charge in [-0.25, -0.2) is 5.43 Å². The van der Waals surface area contributed by atoms with Crippen molar-refractivity contribution in [3.8, 4) is 5.75 Å². The summed E-state index contributed by atoms with van der Waals surface area (Å²) in [7, 11) is 0. The van der Waals surface area contributed by atoms with Gasteiger partial charge in [-0.1, -0.05) is 44.0 Å². The molecule has 0 aliphatic rings. The van der Waals surface area contributed by atoms with Crippen molar-refractivity contribution < 1.29 is 9.90 Å². The molecule has 0 aliphatic heterocycles. The second-order valence-electron chi connectivity index (χ2n) is 4.31. The minimum Gasteiger partial charge on any atom is -0.507 e. The number of phenols is 1. The van der Waals surface area contributed by atoms with Gasteiger partial charge in [-0.3, -0.25) is 4.79 Å². The van der Waals surface area contributed by atoms with Gasteiger partial charge in [0.05, 0.1) is 11.3 Å². The van der Waals surface area contributed by atoms with E-state index in [4.69, 9.17) is 0 Å². The molecule has 2 aromatic carbocycles. The molecule has 0 spiro atoms. The molecular formula is C15H12Br2N2O2. The maximum absolute atomic E-state index is 12.0. The average Bonchev–Trinajstić information content (AvgIpc) is 2.47. The minimum absolute atomic E-state index is 0.0906. The van der Waals surface area contributed by atoms with Gasteiger partial charge >= 0.3 is 0 Å². The molecule has 0 bridgehead atoms. The number of amides is 1. The van der Waals surface area contributed by atoms with Crippen LogP contribution in [-0.4, -0.2) is 16.7 Å². The Morgan fingerprint density at radius 1 is 1.10 bits per heavy atom. The van der Waals surface area contributed by atoms with Crippen LogP contribution in [0.5, 0.6) is 5.75 Å². The monoisotopic (exact) mass is 410 g/mol. The third-order valence-corrected chi connectivity index (χ3v) is 3.81. The molecule has 0 heterocycles. The fraction of sp³-hybridized carbons (Fsp3) is 0.0667. The molecule has 0 fully saturated rings. The van der Waals surface area contributed by atoms with E-state index in [0.717, 1.165) is 10.0 Å². The van der Waals surface area contributed by atoms with Crippen molar-refractivity contribution in [2.45, 2.75) is 6.92 Å². The number of carbonyl (C=O) groups excluding carboxylic acids is 1. The van der Waals surface area contributed by atoms with Crippen LogP contribution in [0, 0.1) is 0 Å². The van der Waals surface area contributed by atoms with Crippen LogP contribution < -0.4 is 5.43 Å². The topological polar surface area (TPSA) is 61.7 Å². The Hall–Kier alpha value is -1.66. The summed E-state index contributed by atoms with van der Waals surface area (Å²) < 4.78 is 1.68. The van der Waals surface area contributed by atoms with Gasteiger partial charge in [0.15, 0.2) is 0 Å². The number of nitrogens with one attached hydrogen (secondary N) is 1. The lowest BCUT2D eigenvalue weighted by Gasteiger charge is -2.05. The molecule has 6 heteroatoms. The fourth-order valence-corrected chi connectivity index (χ4v) is 2.27. The molecule has 4 nitrogen and oxygen atoms in total. The minimum atomic E-state index is -0.467. The zero-order valence-corrected chi connectivity index (χ0v) is 14.3. The second-order valence-corrected chi connectivity index (χ2v) is 6.14. The Kier molecular flexibility index (Phi) is 5.14. The Morgan fingerprint density at radius 3 is 2.38 bits per heavy atom. The van der Waals surface area contributed by atoms with Crippen molar-refractivity contribution in [1.29, 1.82) is 0 Å². The Balaban J connectivity index is 2.14. The summed E-state index contributed by atoms with van der Waals surface area (Å²) in [4.78, 5) is 12.0. The predicted molar refractivity (Wildman–Crippen MR) is 89.6 cm³/mol. The molecule has 0 radical (unpaired) electrons. The lowest BCUT2D eigenvalue weighted by molar-refractivity contribution is 0.0952. The number of carbonyl (C=O) groups is 1. The van der Waals surface area contributed by atoms with Crippen LogP contribution in [-0.2, 0) is 0 Å². The van der Waals surface area contributed by atoms with Crippen LogP contribution >= 0.6 is 31.9 Å². The van der Waals surface area contributed by atoms with Crippen molar-refractivity contribution >= 4 is 43.5 Å². The highest BCUT2D eigenvalue weighted by Gasteiger charge is 2.11. The number of nitrogens with zero attached hydrogens (tertiary/aromatic N) is 1. The van der Waals surface area contributed by atoms with E-state index in [1.807, 2.05) is 24.3 Å². The van der Waals surface area contributed by atoms with Gasteiger partial charge < -0.3 is 5.11 Å². The number of phenolic OH excluding ortho intramolecular Hbond substituents is 1. The van der Waals surface area contributed by atoms with Gasteiger partial charge in [0.1, 0.15) is 5.75 Å². The van der Waals surface area contributed by atoms with Crippen molar-refractivity contribution in [2.75, 3.05) is 0 Å². The normalized spacial score (nSPS) is 11.3. The standard InChI is InChI=1S/C15H12Br2N2O2/c1-9(10-2-4-11(16)5-3-10)18-19-15(21)13-8-12(17)6-7-14(13)20/h2-8,20H,1H3,(H,19,21)/b18-9-. The average molecular weight is 412 g/mol. The van der Waals surface area contributed by atoms with Gasteiger partial charge in [0, 0.05) is 8.95 Å². The molecule has 0 aliphatic carbocycles. The first-order valence-corrected chi connectivity index (χ1v) is 7.65. The van der Waals surface area contributed by atoms with Crippen molar-refractivity contribution in [3.05, 3.63) is 62.5 Å². The van der Waals surface area contributed by atoms with E-state index in [1.54, 1.807) is 13.0 Å². The summed E-state index contributed by atoms with van der Waals surface area (Å²) in [6, 6.07) is 12.2. The first-order chi connectivity index (χ1) is 9.97. The zero-order chi connectivity index (χ0) is 15.4. The van der Waals surface area contributed by atoms with E-state index < -0.39 is 5.91 Å². The van der Waals surface area contributed by atoms with Crippen molar-refractivity contribution in [2.24, 2.45) is 5.10 Å². The molecule has 21 heavy (non-hydrogen) atoms. The fourth-order valence-electron chi connectivity index (χ4n) is 1.64. The van der Waals surface area contributed by atoms with Gasteiger partial charge in [-0.05, 0) is 42.8 Å². The summed E-state index contributed by atoms with van der Waals surface area (Å²) in [5.74, 6) is -0.558. The summed E-state index contributed by atoms with van der Waals surface area (Å²) in [5.41, 5.74) is 4.17. The number of aromatic hydroxyl groups is 1. The van der Waals surface area contributed by atoms with Gasteiger partial charge in [-0.15, -0.1) is 0 Å². The summed E-state index contributed by atoms with van der Waals surface area (Å²) in [6.45, 7) is 1.80. The Morgan fingerprint density at radius 2 is 1.71 bits per heavy atom. The van der Waals surface area contributed by atoms with E-state index in [0.29, 0.717) is 10.2 Å². The largest absolute Gasteiger partial charge is 0.507 e. The third kappa shape index (κ3) is 4.15. The zero-order valence-electron chi connectivity index (χ0n) is 11.1. The molecule has 0 unspecified atom stereocenters. The van der Waals surface area contributed by atoms with E-state index in [-0.39, 0.29) is 11.3 Å². The molecule has 0 saturated heterocycles. The molecule has 0 aromatic heterocycles. The van der Waals surface area contributed by atoms with Gasteiger partial charge in [-0.2, -0.15) is 5.10 Å². The maximum atomic E-state index is 12.0. The molecule has 2 N–H and O–H groups in total. The van der Waals surface area contributed by atoms with Crippen molar-refractivity contribution in [1.82, 2.24) is 5.43 Å². The lowest BCUT2D eigenvalue weighted by Crippen LogP contribution is -2.19. The van der Waals surface area contributed by atoms with Crippen LogP contribution in [0.3, 0.4) is 0 Å². The molecule has 108 valence electrons. The number of rotatable bonds is 3. The molecule has 1 amide bonds. The van der Waals surface area contributed by atoms with Crippen LogP contribution in [0.1, 0.15) is 22.8 Å².